The number of amides is 3. The molecule has 2 aromatic rings. The maximum Gasteiger partial charge on any atom is 0.325 e. The molecule has 0 radical (unpaired) electrons. The van der Waals surface area contributed by atoms with Crippen molar-refractivity contribution in [3.05, 3.63) is 48.0 Å². The molecule has 2 N–H and O–H groups in total. The molecule has 1 aliphatic heterocycles. The number of rotatable bonds is 8. The Morgan fingerprint density at radius 2 is 1.70 bits per heavy atom. The van der Waals surface area contributed by atoms with Crippen LogP contribution in [-0.2, 0) is 19.1 Å². The predicted octanol–water partition coefficient (Wildman–Crippen LogP) is 1.60. The Hall–Kier alpha value is -4.08. The second-order valence-corrected chi connectivity index (χ2v) is 7.27. The van der Waals surface area contributed by atoms with Gasteiger partial charge in [0.2, 0.25) is 11.8 Å². The number of hydrogen-bond donors (Lipinski definition) is 2. The van der Waals surface area contributed by atoms with Crippen LogP contribution >= 0.6 is 0 Å². The summed E-state index contributed by atoms with van der Waals surface area (Å²) in [5.41, 5.74) is 1.43. The summed E-state index contributed by atoms with van der Waals surface area (Å²) in [6, 6.07) is 11.3. The lowest BCUT2D eigenvalue weighted by molar-refractivity contribution is -0.139. The van der Waals surface area contributed by atoms with E-state index in [1.807, 2.05) is 0 Å². The fourth-order valence-electron chi connectivity index (χ4n) is 3.40. The highest BCUT2D eigenvalue weighted by Crippen LogP contribution is 2.34. The minimum Gasteiger partial charge on any atom is -0.493 e. The largest absolute Gasteiger partial charge is 0.493 e. The first-order chi connectivity index (χ1) is 15.9. The van der Waals surface area contributed by atoms with E-state index < -0.39 is 17.8 Å². The molecule has 3 rings (SSSR count). The second-order valence-electron chi connectivity index (χ2n) is 7.27. The summed E-state index contributed by atoms with van der Waals surface area (Å²) in [5, 5.41) is 5.21. The van der Waals surface area contributed by atoms with E-state index in [0.29, 0.717) is 28.4 Å². The first-order valence-electron chi connectivity index (χ1n) is 10.1. The smallest absolute Gasteiger partial charge is 0.325 e. The van der Waals surface area contributed by atoms with Gasteiger partial charge in [0.05, 0.1) is 27.2 Å². The molecule has 1 heterocycles. The van der Waals surface area contributed by atoms with Crippen LogP contribution < -0.4 is 25.0 Å². The minimum atomic E-state index is -0.555. The summed E-state index contributed by atoms with van der Waals surface area (Å²) < 4.78 is 15.0. The number of benzene rings is 2. The maximum absolute atomic E-state index is 12.7. The van der Waals surface area contributed by atoms with Gasteiger partial charge in [0.15, 0.2) is 11.5 Å². The van der Waals surface area contributed by atoms with Gasteiger partial charge in [0.25, 0.3) is 5.91 Å². The fourth-order valence-corrected chi connectivity index (χ4v) is 3.40. The number of hydrogen-bond acceptors (Lipinski definition) is 7. The van der Waals surface area contributed by atoms with Crippen molar-refractivity contribution in [2.24, 2.45) is 5.92 Å². The van der Waals surface area contributed by atoms with Crippen molar-refractivity contribution >= 4 is 35.1 Å². The number of nitrogens with one attached hydrogen (secondary N) is 2. The Morgan fingerprint density at radius 1 is 1.00 bits per heavy atom. The molecule has 1 aliphatic rings. The van der Waals surface area contributed by atoms with Gasteiger partial charge in [-0.25, -0.2) is 0 Å². The number of nitrogens with zero attached hydrogens (tertiary/aromatic N) is 1. The van der Waals surface area contributed by atoms with Crippen LogP contribution in [-0.4, -0.2) is 58.1 Å². The zero-order valence-corrected chi connectivity index (χ0v) is 18.5. The molecule has 0 saturated carbocycles. The van der Waals surface area contributed by atoms with Crippen LogP contribution in [0.4, 0.5) is 11.4 Å². The molecule has 10 nitrogen and oxygen atoms in total. The zero-order chi connectivity index (χ0) is 24.0. The highest BCUT2D eigenvalue weighted by molar-refractivity contribution is 6.04. The van der Waals surface area contributed by atoms with Gasteiger partial charge in [0.1, 0.15) is 6.54 Å². The molecule has 1 atom stereocenters. The molecule has 10 heteroatoms. The van der Waals surface area contributed by atoms with Gasteiger partial charge >= 0.3 is 5.97 Å². The summed E-state index contributed by atoms with van der Waals surface area (Å²) in [6.45, 7) is -0.00569. The van der Waals surface area contributed by atoms with Gasteiger partial charge in [-0.2, -0.15) is 0 Å². The van der Waals surface area contributed by atoms with E-state index in [-0.39, 0.29) is 31.3 Å². The molecular formula is C23H25N3O7. The molecule has 0 aromatic heterocycles. The van der Waals surface area contributed by atoms with Crippen molar-refractivity contribution in [1.29, 1.82) is 0 Å². The average molecular weight is 455 g/mol. The van der Waals surface area contributed by atoms with Crippen molar-refractivity contribution in [3.8, 4) is 11.5 Å². The number of ether oxygens (including phenoxy) is 3. The van der Waals surface area contributed by atoms with Crippen LogP contribution in [0.5, 0.6) is 11.5 Å². The molecule has 1 unspecified atom stereocenters. The summed E-state index contributed by atoms with van der Waals surface area (Å²) in [7, 11) is 4.27. The van der Waals surface area contributed by atoms with E-state index in [0.717, 1.165) is 0 Å². The third-order valence-corrected chi connectivity index (χ3v) is 5.21. The molecule has 1 fully saturated rings. The van der Waals surface area contributed by atoms with Crippen molar-refractivity contribution in [1.82, 2.24) is 5.32 Å². The second kappa shape index (κ2) is 10.5. The maximum atomic E-state index is 12.7. The van der Waals surface area contributed by atoms with Crippen molar-refractivity contribution in [2.45, 2.75) is 6.42 Å². The Bertz CT molecular complexity index is 1050. The standard InChI is InChI=1S/C23H25N3O7/c1-31-18-9-8-17(11-19(18)32-2)26-13-15(10-20(26)27)23(30)25-16-6-4-14(5-7-16)22(29)24-12-21(28)33-3/h4-9,11,15H,10,12-13H2,1-3H3,(H,24,29)(H,25,30). The third kappa shape index (κ3) is 5.59. The summed E-state index contributed by atoms with van der Waals surface area (Å²) in [4.78, 5) is 50.0. The quantitative estimate of drug-likeness (QED) is 0.580. The summed E-state index contributed by atoms with van der Waals surface area (Å²) in [6.07, 6.45) is 0.0776. The van der Waals surface area contributed by atoms with Crippen LogP contribution in [0, 0.1) is 5.92 Å². The van der Waals surface area contributed by atoms with Crippen LogP contribution in [0.25, 0.3) is 0 Å². The lowest BCUT2D eigenvalue weighted by atomic mass is 10.1. The molecule has 1 saturated heterocycles. The topological polar surface area (TPSA) is 123 Å². The number of carbonyl (C=O) groups is 4. The number of esters is 1. The minimum absolute atomic E-state index is 0.0776. The summed E-state index contributed by atoms with van der Waals surface area (Å²) >= 11 is 0. The Labute approximate surface area is 190 Å². The van der Waals surface area contributed by atoms with Crippen molar-refractivity contribution in [3.63, 3.8) is 0 Å². The van der Waals surface area contributed by atoms with E-state index in [9.17, 15) is 19.2 Å². The predicted molar refractivity (Wildman–Crippen MR) is 119 cm³/mol. The van der Waals surface area contributed by atoms with E-state index >= 15 is 0 Å². The van der Waals surface area contributed by atoms with E-state index in [4.69, 9.17) is 9.47 Å². The van der Waals surface area contributed by atoms with Gasteiger partial charge in [0, 0.05) is 36.0 Å². The highest BCUT2D eigenvalue weighted by atomic mass is 16.5. The van der Waals surface area contributed by atoms with Gasteiger partial charge in [-0.15, -0.1) is 0 Å². The van der Waals surface area contributed by atoms with Crippen molar-refractivity contribution < 1.29 is 33.4 Å². The first-order valence-corrected chi connectivity index (χ1v) is 10.1. The Balaban J connectivity index is 1.60. The van der Waals surface area contributed by atoms with Crippen LogP contribution in [0.2, 0.25) is 0 Å². The molecule has 2 aromatic carbocycles. The molecule has 174 valence electrons. The van der Waals surface area contributed by atoms with Crippen LogP contribution in [0.15, 0.2) is 42.5 Å². The monoisotopic (exact) mass is 455 g/mol. The number of anilines is 2. The first kappa shape index (κ1) is 23.6. The lowest BCUT2D eigenvalue weighted by Crippen LogP contribution is -2.30. The number of carbonyl (C=O) groups excluding carboxylic acids is 4. The lowest BCUT2D eigenvalue weighted by Gasteiger charge is -2.18. The Morgan fingerprint density at radius 3 is 2.33 bits per heavy atom. The van der Waals surface area contributed by atoms with Crippen molar-refractivity contribution in [2.75, 3.05) is 44.6 Å². The Kier molecular flexibility index (Phi) is 7.50. The van der Waals surface area contributed by atoms with Gasteiger partial charge in [-0.3, -0.25) is 19.2 Å². The van der Waals surface area contributed by atoms with E-state index in [1.54, 1.807) is 35.2 Å². The SMILES string of the molecule is COC(=O)CNC(=O)c1ccc(NC(=O)C2CC(=O)N(c3ccc(OC)c(OC)c3)C2)cc1. The van der Waals surface area contributed by atoms with Crippen LogP contribution in [0.1, 0.15) is 16.8 Å². The van der Waals surface area contributed by atoms with Gasteiger partial charge in [-0.1, -0.05) is 0 Å². The van der Waals surface area contributed by atoms with E-state index in [2.05, 4.69) is 15.4 Å². The molecule has 33 heavy (non-hydrogen) atoms. The molecule has 0 aliphatic carbocycles. The molecule has 3 amide bonds. The van der Waals surface area contributed by atoms with Crippen LogP contribution in [0.3, 0.4) is 0 Å². The molecular weight excluding hydrogens is 430 g/mol. The zero-order valence-electron chi connectivity index (χ0n) is 18.5. The van der Waals surface area contributed by atoms with E-state index in [1.165, 1.54) is 33.5 Å². The molecule has 0 bridgehead atoms. The van der Waals surface area contributed by atoms with Gasteiger partial charge < -0.3 is 29.7 Å². The highest BCUT2D eigenvalue weighted by Gasteiger charge is 2.35. The third-order valence-electron chi connectivity index (χ3n) is 5.21. The number of methoxy groups -OCH3 is 3. The normalized spacial score (nSPS) is 15.1. The summed E-state index contributed by atoms with van der Waals surface area (Å²) in [5.74, 6) is -0.954. The fraction of sp³-hybridized carbons (Fsp3) is 0.304. The molecule has 0 spiro atoms. The average Bonchev–Trinajstić information content (AvgIpc) is 3.23. The van der Waals surface area contributed by atoms with Gasteiger partial charge in [-0.05, 0) is 36.4 Å².